The average molecular weight is 566 g/mol. The highest BCUT2D eigenvalue weighted by Crippen LogP contribution is 2.22. The van der Waals surface area contributed by atoms with E-state index in [4.69, 9.17) is 9.47 Å². The summed E-state index contributed by atoms with van der Waals surface area (Å²) in [5, 5.41) is 18.4. The van der Waals surface area contributed by atoms with Crippen molar-refractivity contribution in [1.82, 2.24) is 23.6 Å². The van der Waals surface area contributed by atoms with E-state index in [1.54, 1.807) is 12.1 Å². The van der Waals surface area contributed by atoms with Crippen LogP contribution in [0.3, 0.4) is 0 Å². The molecule has 0 saturated carbocycles. The molecule has 0 aliphatic heterocycles. The first kappa shape index (κ1) is 27.6. The van der Waals surface area contributed by atoms with E-state index in [0.29, 0.717) is 39.1 Å². The summed E-state index contributed by atoms with van der Waals surface area (Å²) in [6.07, 6.45) is 5.63. The Labute approximate surface area is 239 Å². The van der Waals surface area contributed by atoms with Gasteiger partial charge in [0.15, 0.2) is 0 Å². The van der Waals surface area contributed by atoms with Gasteiger partial charge in [0.1, 0.15) is 17.2 Å². The molecule has 6 rings (SSSR count). The van der Waals surface area contributed by atoms with E-state index >= 15 is 0 Å². The van der Waals surface area contributed by atoms with Crippen LogP contribution < -0.4 is 20.9 Å². The minimum Gasteiger partial charge on any atom is -0.457 e. The van der Waals surface area contributed by atoms with Crippen molar-refractivity contribution in [2.24, 2.45) is 0 Å². The zero-order valence-corrected chi connectivity index (χ0v) is 22.3. The van der Waals surface area contributed by atoms with Crippen LogP contribution in [-0.2, 0) is 13.1 Å². The summed E-state index contributed by atoms with van der Waals surface area (Å²) in [4.78, 5) is 27.5. The van der Waals surface area contributed by atoms with Crippen molar-refractivity contribution in [3.05, 3.63) is 160 Å². The van der Waals surface area contributed by atoms with Crippen LogP contribution in [-0.4, -0.2) is 34.0 Å². The van der Waals surface area contributed by atoms with Crippen LogP contribution >= 0.6 is 0 Å². The first-order valence-electron chi connectivity index (χ1n) is 12.9. The molecule has 0 saturated heterocycles. The molecule has 6 aromatic rings. The lowest BCUT2D eigenvalue weighted by Crippen LogP contribution is -2.23. The Hall–Kier alpha value is -5.97. The molecule has 11 heteroatoms. The quantitative estimate of drug-likeness (QED) is 0.253. The Morgan fingerprint density at radius 2 is 1.12 bits per heavy atom. The number of benzene rings is 3. The van der Waals surface area contributed by atoms with Crippen molar-refractivity contribution in [3.63, 3.8) is 0 Å². The van der Waals surface area contributed by atoms with E-state index in [0.717, 1.165) is 11.3 Å². The van der Waals surface area contributed by atoms with Gasteiger partial charge in [0, 0.05) is 18.5 Å². The molecule has 3 aromatic carbocycles. The predicted molar refractivity (Wildman–Crippen MR) is 154 cm³/mol. The molecular weight excluding hydrogens is 538 g/mol. The van der Waals surface area contributed by atoms with Crippen molar-refractivity contribution in [1.29, 1.82) is 0 Å². The predicted octanol–water partition coefficient (Wildman–Crippen LogP) is 4.85. The third-order valence-electron chi connectivity index (χ3n) is 5.97. The van der Waals surface area contributed by atoms with Gasteiger partial charge >= 0.3 is 11.4 Å². The highest BCUT2D eigenvalue weighted by atomic mass is 16.5. The number of hydrogen-bond donors (Lipinski definition) is 2. The Morgan fingerprint density at radius 1 is 0.571 bits per heavy atom. The molecule has 0 amide bonds. The largest absolute Gasteiger partial charge is 0.457 e. The standard InChI is InChI=1S/C16H14N2O3.C15H13N3O3/c19-16-17(9-10-18(16)20)12-13-5-4-8-15(11-13)21-14-6-2-1-3-7-14;19-15-17(9-10-18(15)20)11-12-5-4-8-14(16-12)21-13-6-2-1-3-7-13/h1-11,20H,12H2;1-10,20H,11H2. The Balaban J connectivity index is 0.000000168. The van der Waals surface area contributed by atoms with Crippen LogP contribution in [0.15, 0.2) is 138 Å². The maximum absolute atomic E-state index is 11.6. The lowest BCUT2D eigenvalue weighted by atomic mass is 10.2. The second kappa shape index (κ2) is 12.9. The van der Waals surface area contributed by atoms with Crippen LogP contribution in [0.2, 0.25) is 0 Å². The summed E-state index contributed by atoms with van der Waals surface area (Å²) < 4.78 is 15.3. The van der Waals surface area contributed by atoms with Crippen LogP contribution in [0.1, 0.15) is 11.3 Å². The monoisotopic (exact) mass is 565 g/mol. The molecule has 0 spiro atoms. The summed E-state index contributed by atoms with van der Waals surface area (Å²) in [6, 6.07) is 31.7. The fourth-order valence-electron chi connectivity index (χ4n) is 3.96. The van der Waals surface area contributed by atoms with E-state index in [1.807, 2.05) is 91.0 Å². The Morgan fingerprint density at radius 3 is 1.71 bits per heavy atom. The van der Waals surface area contributed by atoms with Gasteiger partial charge in [-0.25, -0.2) is 14.6 Å². The topological polar surface area (TPSA) is 126 Å². The minimum atomic E-state index is -0.508. The molecule has 212 valence electrons. The molecule has 11 nitrogen and oxygen atoms in total. The molecule has 2 N–H and O–H groups in total. The van der Waals surface area contributed by atoms with Crippen LogP contribution in [0.4, 0.5) is 0 Å². The number of aromatic nitrogens is 5. The number of para-hydroxylation sites is 2. The Kier molecular flexibility index (Phi) is 8.49. The molecule has 0 radical (unpaired) electrons. The summed E-state index contributed by atoms with van der Waals surface area (Å²) in [7, 11) is 0. The van der Waals surface area contributed by atoms with Crippen LogP contribution in [0.25, 0.3) is 0 Å². The zero-order valence-electron chi connectivity index (χ0n) is 22.3. The van der Waals surface area contributed by atoms with Crippen molar-refractivity contribution in [2.75, 3.05) is 0 Å². The number of nitrogens with zero attached hydrogens (tertiary/aromatic N) is 5. The van der Waals surface area contributed by atoms with Gasteiger partial charge in [-0.15, -0.1) is 9.46 Å². The van der Waals surface area contributed by atoms with Crippen molar-refractivity contribution in [3.8, 4) is 23.1 Å². The van der Waals surface area contributed by atoms with Gasteiger partial charge in [-0.3, -0.25) is 9.13 Å². The SMILES string of the molecule is O=c1n(O)ccn1Cc1cccc(Oc2ccccc2)c1.O=c1n(O)ccn1Cc1cccc(Oc2ccccc2)n1. The molecule has 0 aliphatic rings. The lowest BCUT2D eigenvalue weighted by Gasteiger charge is -2.07. The van der Waals surface area contributed by atoms with Gasteiger partial charge in [0.25, 0.3) is 0 Å². The van der Waals surface area contributed by atoms with Crippen LogP contribution in [0, 0.1) is 0 Å². The maximum Gasteiger partial charge on any atom is 0.361 e. The van der Waals surface area contributed by atoms with Gasteiger partial charge in [-0.2, -0.15) is 0 Å². The molecule has 0 unspecified atom stereocenters. The molecule has 0 atom stereocenters. The summed E-state index contributed by atoms with van der Waals surface area (Å²) in [5.74, 6) is 2.61. The van der Waals surface area contributed by atoms with E-state index in [2.05, 4.69) is 4.98 Å². The average Bonchev–Trinajstić information content (AvgIpc) is 3.49. The number of ether oxygens (including phenoxy) is 2. The van der Waals surface area contributed by atoms with Crippen molar-refractivity contribution >= 4 is 0 Å². The lowest BCUT2D eigenvalue weighted by molar-refractivity contribution is 0.173. The first-order chi connectivity index (χ1) is 20.4. The number of hydrogen-bond acceptors (Lipinski definition) is 7. The molecular formula is C31H27N5O6. The van der Waals surface area contributed by atoms with Gasteiger partial charge in [-0.05, 0) is 48.0 Å². The van der Waals surface area contributed by atoms with Crippen molar-refractivity contribution in [2.45, 2.75) is 13.1 Å². The molecule has 0 fully saturated rings. The second-order valence-electron chi connectivity index (χ2n) is 9.05. The molecule has 3 heterocycles. The summed E-state index contributed by atoms with van der Waals surface area (Å²) in [6.45, 7) is 0.636. The number of pyridine rings is 1. The third kappa shape index (κ3) is 7.16. The van der Waals surface area contributed by atoms with Crippen LogP contribution in [0.5, 0.6) is 23.1 Å². The van der Waals surface area contributed by atoms with E-state index in [-0.39, 0.29) is 6.54 Å². The van der Waals surface area contributed by atoms with Gasteiger partial charge in [0.2, 0.25) is 5.88 Å². The first-order valence-corrected chi connectivity index (χ1v) is 12.9. The van der Waals surface area contributed by atoms with E-state index in [1.165, 1.54) is 33.9 Å². The molecule has 0 aliphatic carbocycles. The highest BCUT2D eigenvalue weighted by molar-refractivity contribution is 5.34. The van der Waals surface area contributed by atoms with Crippen molar-refractivity contribution < 1.29 is 19.9 Å². The smallest absolute Gasteiger partial charge is 0.361 e. The summed E-state index contributed by atoms with van der Waals surface area (Å²) in [5.41, 5.74) is 0.601. The fourth-order valence-corrected chi connectivity index (χ4v) is 3.96. The molecule has 3 aromatic heterocycles. The minimum absolute atomic E-state index is 0.262. The summed E-state index contributed by atoms with van der Waals surface area (Å²) >= 11 is 0. The fraction of sp³-hybridized carbons (Fsp3) is 0.0645. The Bertz CT molecular complexity index is 1720. The third-order valence-corrected chi connectivity index (χ3v) is 5.97. The second-order valence-corrected chi connectivity index (χ2v) is 9.05. The van der Waals surface area contributed by atoms with Gasteiger partial charge in [0.05, 0.1) is 31.2 Å². The highest BCUT2D eigenvalue weighted by Gasteiger charge is 2.06. The van der Waals surface area contributed by atoms with Gasteiger partial charge in [-0.1, -0.05) is 54.6 Å². The number of imidazole rings is 2. The normalized spacial score (nSPS) is 10.5. The maximum atomic E-state index is 11.6. The van der Waals surface area contributed by atoms with Gasteiger partial charge < -0.3 is 19.9 Å². The van der Waals surface area contributed by atoms with E-state index in [9.17, 15) is 20.0 Å². The zero-order chi connectivity index (χ0) is 29.3. The molecule has 0 bridgehead atoms. The van der Waals surface area contributed by atoms with E-state index < -0.39 is 11.4 Å². The molecule has 42 heavy (non-hydrogen) atoms. The number of rotatable bonds is 8.